The van der Waals surface area contributed by atoms with Crippen molar-refractivity contribution in [1.29, 1.82) is 0 Å². The minimum absolute atomic E-state index is 0.00708. The molecule has 0 aromatic carbocycles. The summed E-state index contributed by atoms with van der Waals surface area (Å²) >= 11 is 0. The highest BCUT2D eigenvalue weighted by atomic mass is 16.7. The van der Waals surface area contributed by atoms with Gasteiger partial charge in [0.25, 0.3) is 0 Å². The number of nitrogens with zero attached hydrogens (tertiary/aromatic N) is 2. The fraction of sp³-hybridized carbons (Fsp3) is 0.824. The summed E-state index contributed by atoms with van der Waals surface area (Å²) in [7, 11) is 0. The summed E-state index contributed by atoms with van der Waals surface area (Å²) in [6, 6.07) is 0. The van der Waals surface area contributed by atoms with Crippen LogP contribution in [0.25, 0.3) is 0 Å². The van der Waals surface area contributed by atoms with Gasteiger partial charge >= 0.3 is 0 Å². The number of piperidine rings is 1. The second kappa shape index (κ2) is 3.94. The lowest BCUT2D eigenvalue weighted by Gasteiger charge is -2.74. The second-order valence-corrected chi connectivity index (χ2v) is 8.87. The van der Waals surface area contributed by atoms with Crippen molar-refractivity contribution in [3.05, 3.63) is 18.2 Å². The maximum Gasteiger partial charge on any atom is 0.167 e. The Bertz CT molecular complexity index is 567. The van der Waals surface area contributed by atoms with Crippen LogP contribution < -0.4 is 0 Å². The summed E-state index contributed by atoms with van der Waals surface area (Å²) in [5, 5.41) is 0. The number of aromatic amines is 1. The van der Waals surface area contributed by atoms with Gasteiger partial charge in [0.1, 0.15) is 12.5 Å². The number of rotatable bonds is 3. The van der Waals surface area contributed by atoms with E-state index in [1.54, 1.807) is 6.33 Å². The first kappa shape index (κ1) is 13.5. The average molecular weight is 303 g/mol. The van der Waals surface area contributed by atoms with Gasteiger partial charge in [0.05, 0.1) is 6.33 Å². The normalized spacial score (nSPS) is 52.6. The predicted molar refractivity (Wildman–Crippen MR) is 80.7 cm³/mol. The van der Waals surface area contributed by atoms with Crippen molar-refractivity contribution in [1.82, 2.24) is 14.9 Å². The lowest BCUT2D eigenvalue weighted by molar-refractivity contribution is -0.474. The van der Waals surface area contributed by atoms with E-state index in [0.29, 0.717) is 0 Å². The van der Waals surface area contributed by atoms with Crippen LogP contribution in [-0.4, -0.2) is 40.2 Å². The summed E-state index contributed by atoms with van der Waals surface area (Å²) in [5.41, 5.74) is 1.89. The lowest BCUT2D eigenvalue weighted by atomic mass is 9.48. The van der Waals surface area contributed by atoms with Crippen molar-refractivity contribution in [3.8, 4) is 0 Å². The van der Waals surface area contributed by atoms with Crippen molar-refractivity contribution in [2.24, 2.45) is 16.2 Å². The Balaban J connectivity index is 1.48. The second-order valence-electron chi connectivity index (χ2n) is 8.87. The average Bonchev–Trinajstić information content (AvgIpc) is 2.93. The molecule has 0 radical (unpaired) electrons. The molecule has 5 heterocycles. The first-order valence-electron chi connectivity index (χ1n) is 8.46. The third-order valence-electron chi connectivity index (χ3n) is 6.49. The molecule has 5 fully saturated rings. The molecule has 0 spiro atoms. The van der Waals surface area contributed by atoms with Gasteiger partial charge in [0.2, 0.25) is 0 Å². The summed E-state index contributed by atoms with van der Waals surface area (Å²) in [6.07, 6.45) is 8.70. The van der Waals surface area contributed by atoms with Crippen LogP contribution in [0.1, 0.15) is 45.7 Å². The number of nitrogens with one attached hydrogen (secondary N) is 1. The van der Waals surface area contributed by atoms with Crippen LogP contribution >= 0.6 is 0 Å². The van der Waals surface area contributed by atoms with Crippen molar-refractivity contribution < 1.29 is 9.47 Å². The molecule has 5 nitrogen and oxygen atoms in total. The van der Waals surface area contributed by atoms with Crippen LogP contribution in [0, 0.1) is 16.2 Å². The van der Waals surface area contributed by atoms with Crippen LogP contribution in [0.4, 0.5) is 0 Å². The van der Waals surface area contributed by atoms with Gasteiger partial charge in [0, 0.05) is 41.1 Å². The van der Waals surface area contributed by atoms with Crippen LogP contribution in [0.2, 0.25) is 0 Å². The fourth-order valence-electron chi connectivity index (χ4n) is 6.38. The number of ether oxygens (including phenoxy) is 2. The molecule has 1 aromatic rings. The maximum atomic E-state index is 6.42. The molecular formula is C17H25N3O2. The Morgan fingerprint density at radius 2 is 1.77 bits per heavy atom. The minimum atomic E-state index is -0.00708. The Morgan fingerprint density at radius 3 is 2.36 bits per heavy atom. The van der Waals surface area contributed by atoms with Crippen LogP contribution in [-0.2, 0) is 15.9 Å². The molecule has 120 valence electrons. The Kier molecular flexibility index (Phi) is 2.42. The number of aromatic nitrogens is 2. The van der Waals surface area contributed by atoms with E-state index in [1.807, 2.05) is 6.20 Å². The quantitative estimate of drug-likeness (QED) is 0.932. The zero-order valence-electron chi connectivity index (χ0n) is 13.6. The SMILES string of the molecule is CC12C[C@@]3(C)C[C@@](C)(C1)[C@H]1OC2O[C@@H]3N1CCc1cnc[nH]1. The smallest absolute Gasteiger partial charge is 0.167 e. The van der Waals surface area contributed by atoms with Crippen LogP contribution in [0.15, 0.2) is 12.5 Å². The largest absolute Gasteiger partial charge is 0.348 e. The molecule has 6 bridgehead atoms. The highest BCUT2D eigenvalue weighted by Crippen LogP contribution is 2.69. The molecule has 5 heteroatoms. The van der Waals surface area contributed by atoms with Gasteiger partial charge in [-0.1, -0.05) is 20.8 Å². The molecule has 1 saturated carbocycles. The molecular weight excluding hydrogens is 278 g/mol. The molecule has 4 saturated heterocycles. The predicted octanol–water partition coefficient (Wildman–Crippen LogP) is 2.51. The van der Waals surface area contributed by atoms with Gasteiger partial charge in [-0.15, -0.1) is 0 Å². The minimum Gasteiger partial charge on any atom is -0.348 e. The highest BCUT2D eigenvalue weighted by Gasteiger charge is 2.71. The number of imidazole rings is 1. The van der Waals surface area contributed by atoms with Crippen molar-refractivity contribution in [2.75, 3.05) is 6.54 Å². The summed E-state index contributed by atoms with van der Waals surface area (Å²) in [4.78, 5) is 9.81. The summed E-state index contributed by atoms with van der Waals surface area (Å²) in [6.45, 7) is 8.18. The lowest BCUT2D eigenvalue weighted by Crippen LogP contribution is -2.78. The van der Waals surface area contributed by atoms with Crippen LogP contribution in [0.5, 0.6) is 0 Å². The molecule has 6 atom stereocenters. The molecule has 4 aliphatic heterocycles. The third kappa shape index (κ3) is 1.57. The third-order valence-corrected chi connectivity index (χ3v) is 6.49. The molecule has 5 aliphatic rings. The number of hydrogen-bond acceptors (Lipinski definition) is 4. The Morgan fingerprint density at radius 1 is 1.14 bits per heavy atom. The van der Waals surface area contributed by atoms with Gasteiger partial charge < -0.3 is 14.5 Å². The summed E-state index contributed by atoms with van der Waals surface area (Å²) < 4.78 is 12.8. The number of H-pyrrole nitrogens is 1. The van der Waals surface area contributed by atoms with E-state index < -0.39 is 0 Å². The van der Waals surface area contributed by atoms with E-state index in [0.717, 1.165) is 13.0 Å². The fourth-order valence-corrected chi connectivity index (χ4v) is 6.38. The highest BCUT2D eigenvalue weighted by molar-refractivity contribution is 5.15. The van der Waals surface area contributed by atoms with Crippen LogP contribution in [0.3, 0.4) is 0 Å². The van der Waals surface area contributed by atoms with Gasteiger partial charge in [-0.05, 0) is 19.3 Å². The van der Waals surface area contributed by atoms with E-state index in [2.05, 4.69) is 35.6 Å². The molecule has 1 aromatic heterocycles. The summed E-state index contributed by atoms with van der Waals surface area (Å²) in [5.74, 6) is 0. The standard InChI is InChI=1S/C17H25N3O2/c1-15-7-16(2)9-17(3,8-15)14-21-12(15)20(13(16)22-14)5-4-11-6-18-10-19-11/h6,10,12-14H,4-5,7-9H2,1-3H3,(H,18,19)/t12-,13+,14?,15+,16-,17?. The molecule has 1 aliphatic carbocycles. The van der Waals surface area contributed by atoms with Crippen molar-refractivity contribution in [2.45, 2.75) is 65.2 Å². The monoisotopic (exact) mass is 303 g/mol. The first-order chi connectivity index (χ1) is 10.4. The van der Waals surface area contributed by atoms with E-state index >= 15 is 0 Å². The number of hydrogen-bond donors (Lipinski definition) is 1. The van der Waals surface area contributed by atoms with E-state index in [4.69, 9.17) is 9.47 Å². The molecule has 6 rings (SSSR count). The van der Waals surface area contributed by atoms with E-state index in [9.17, 15) is 0 Å². The van der Waals surface area contributed by atoms with Gasteiger partial charge in [0.15, 0.2) is 6.29 Å². The maximum absolute atomic E-state index is 6.42. The molecule has 0 amide bonds. The zero-order valence-corrected chi connectivity index (χ0v) is 13.6. The van der Waals surface area contributed by atoms with Gasteiger partial charge in [-0.2, -0.15) is 0 Å². The molecule has 2 unspecified atom stereocenters. The topological polar surface area (TPSA) is 50.4 Å². The van der Waals surface area contributed by atoms with Gasteiger partial charge in [-0.3, -0.25) is 4.90 Å². The Hall–Kier alpha value is -0.910. The van der Waals surface area contributed by atoms with E-state index in [-0.39, 0.29) is 35.0 Å². The zero-order chi connectivity index (χ0) is 15.2. The Labute approximate surface area is 131 Å². The van der Waals surface area contributed by atoms with Gasteiger partial charge in [-0.25, -0.2) is 4.98 Å². The van der Waals surface area contributed by atoms with Crippen molar-refractivity contribution >= 4 is 0 Å². The first-order valence-corrected chi connectivity index (χ1v) is 8.46. The van der Waals surface area contributed by atoms with E-state index in [1.165, 1.54) is 25.0 Å². The molecule has 22 heavy (non-hydrogen) atoms. The molecule has 1 N–H and O–H groups in total. The van der Waals surface area contributed by atoms with Crippen molar-refractivity contribution in [3.63, 3.8) is 0 Å².